The van der Waals surface area contributed by atoms with Gasteiger partial charge in [0, 0.05) is 40.5 Å². The summed E-state index contributed by atoms with van der Waals surface area (Å²) >= 11 is 12.6. The number of benzene rings is 3. The topological polar surface area (TPSA) is 49.6 Å². The predicted molar refractivity (Wildman–Crippen MR) is 121 cm³/mol. The average Bonchev–Trinajstić information content (AvgIpc) is 3.07. The third-order valence-corrected chi connectivity index (χ3v) is 5.49. The summed E-state index contributed by atoms with van der Waals surface area (Å²) in [5.74, 6) is 0. The monoisotopic (exact) mass is 423 g/mol. The van der Waals surface area contributed by atoms with Gasteiger partial charge in [0.1, 0.15) is 5.71 Å². The Morgan fingerprint density at radius 2 is 1.79 bits per heavy atom. The predicted octanol–water partition coefficient (Wildman–Crippen LogP) is 6.76. The number of fused-ring (bicyclic) bond motifs is 1. The second-order valence-corrected chi connectivity index (χ2v) is 7.74. The van der Waals surface area contributed by atoms with Gasteiger partial charge in [-0.05, 0) is 55.0 Å². The third-order valence-electron chi connectivity index (χ3n) is 4.94. The number of oxime groups is 1. The lowest BCUT2D eigenvalue weighted by atomic mass is 9.98. The van der Waals surface area contributed by atoms with Crippen LogP contribution in [-0.4, -0.2) is 15.5 Å². The highest BCUT2D eigenvalue weighted by Gasteiger charge is 2.15. The molecule has 29 heavy (non-hydrogen) atoms. The van der Waals surface area contributed by atoms with Crippen LogP contribution in [0, 0.1) is 6.92 Å². The van der Waals surface area contributed by atoms with Crippen molar-refractivity contribution in [3.8, 4) is 0 Å². The van der Waals surface area contributed by atoms with Crippen LogP contribution in [-0.2, 0) is 7.05 Å². The van der Waals surface area contributed by atoms with E-state index in [1.54, 1.807) is 6.07 Å². The quantitative estimate of drug-likeness (QED) is 0.216. The summed E-state index contributed by atoms with van der Waals surface area (Å²) in [7, 11) is 2.02. The molecule has 146 valence electrons. The highest BCUT2D eigenvalue weighted by molar-refractivity contribution is 6.36. The first-order chi connectivity index (χ1) is 14.0. The van der Waals surface area contributed by atoms with Crippen molar-refractivity contribution in [2.45, 2.75) is 6.92 Å². The van der Waals surface area contributed by atoms with E-state index in [0.717, 1.165) is 33.4 Å². The first-order valence-electron chi connectivity index (χ1n) is 9.07. The molecule has 0 spiro atoms. The van der Waals surface area contributed by atoms with Gasteiger partial charge in [0.05, 0.1) is 16.2 Å². The summed E-state index contributed by atoms with van der Waals surface area (Å²) in [6.45, 7) is 1.91. The van der Waals surface area contributed by atoms with Gasteiger partial charge in [0.2, 0.25) is 0 Å². The Morgan fingerprint density at radius 1 is 1.00 bits per heavy atom. The first-order valence-corrected chi connectivity index (χ1v) is 9.83. The summed E-state index contributed by atoms with van der Waals surface area (Å²) in [5.41, 5.74) is 5.66. The fourth-order valence-electron chi connectivity index (χ4n) is 3.54. The number of hydrogen-bond acceptors (Lipinski definition) is 3. The van der Waals surface area contributed by atoms with Gasteiger partial charge in [-0.25, -0.2) is 0 Å². The van der Waals surface area contributed by atoms with Crippen LogP contribution < -0.4 is 5.32 Å². The van der Waals surface area contributed by atoms with Crippen LogP contribution in [0.4, 0.5) is 11.4 Å². The van der Waals surface area contributed by atoms with Gasteiger partial charge in [-0.2, -0.15) is 0 Å². The van der Waals surface area contributed by atoms with Crippen molar-refractivity contribution in [1.29, 1.82) is 0 Å². The molecular formula is C23H19Cl2N3O. The summed E-state index contributed by atoms with van der Waals surface area (Å²) in [5, 5.41) is 18.9. The fraction of sp³-hybridized carbons (Fsp3) is 0.0870. The first kappa shape index (κ1) is 19.4. The minimum absolute atomic E-state index is 0.403. The maximum absolute atomic E-state index is 9.66. The van der Waals surface area contributed by atoms with E-state index in [9.17, 15) is 5.21 Å². The van der Waals surface area contributed by atoms with Crippen LogP contribution in [0.2, 0.25) is 10.0 Å². The Labute approximate surface area is 179 Å². The molecule has 4 rings (SSSR count). The summed E-state index contributed by atoms with van der Waals surface area (Å²) in [6, 6.07) is 19.2. The van der Waals surface area contributed by atoms with Gasteiger partial charge in [-0.1, -0.05) is 46.6 Å². The molecule has 0 saturated carbocycles. The Hall–Kier alpha value is -2.95. The molecule has 0 bridgehead atoms. The van der Waals surface area contributed by atoms with Gasteiger partial charge in [-0.3, -0.25) is 0 Å². The van der Waals surface area contributed by atoms with Crippen LogP contribution in [0.25, 0.3) is 10.9 Å². The van der Waals surface area contributed by atoms with E-state index < -0.39 is 0 Å². The zero-order valence-electron chi connectivity index (χ0n) is 15.9. The maximum atomic E-state index is 9.66. The molecule has 1 aromatic heterocycles. The highest BCUT2D eigenvalue weighted by atomic mass is 35.5. The number of nitrogens with one attached hydrogen (secondary N) is 1. The van der Waals surface area contributed by atoms with E-state index in [1.165, 1.54) is 0 Å². The molecule has 1 heterocycles. The van der Waals surface area contributed by atoms with Crippen molar-refractivity contribution in [2.75, 3.05) is 5.32 Å². The van der Waals surface area contributed by atoms with E-state index in [1.807, 2.05) is 62.6 Å². The van der Waals surface area contributed by atoms with Gasteiger partial charge in [0.25, 0.3) is 0 Å². The Morgan fingerprint density at radius 3 is 2.52 bits per heavy atom. The second kappa shape index (κ2) is 7.82. The molecule has 3 aromatic carbocycles. The Bertz CT molecular complexity index is 1240. The lowest BCUT2D eigenvalue weighted by Crippen LogP contribution is -2.07. The number of halogens is 2. The van der Waals surface area contributed by atoms with Crippen molar-refractivity contribution < 1.29 is 5.21 Å². The van der Waals surface area contributed by atoms with Gasteiger partial charge < -0.3 is 15.1 Å². The summed E-state index contributed by atoms with van der Waals surface area (Å²) in [4.78, 5) is 0. The summed E-state index contributed by atoms with van der Waals surface area (Å²) in [6.07, 6.45) is 2.03. The van der Waals surface area contributed by atoms with E-state index in [2.05, 4.69) is 27.2 Å². The molecule has 0 amide bonds. The van der Waals surface area contributed by atoms with Crippen molar-refractivity contribution >= 4 is 51.2 Å². The van der Waals surface area contributed by atoms with Crippen LogP contribution in [0.5, 0.6) is 0 Å². The number of rotatable bonds is 4. The van der Waals surface area contributed by atoms with E-state index in [-0.39, 0.29) is 0 Å². The molecule has 2 N–H and O–H groups in total. The Kier molecular flexibility index (Phi) is 5.22. The number of hydrogen-bond donors (Lipinski definition) is 2. The molecule has 0 aliphatic rings. The van der Waals surface area contributed by atoms with Crippen LogP contribution in [0.3, 0.4) is 0 Å². The van der Waals surface area contributed by atoms with Crippen LogP contribution in [0.15, 0.2) is 72.0 Å². The van der Waals surface area contributed by atoms with E-state index in [0.29, 0.717) is 21.3 Å². The number of nitrogens with zero attached hydrogens (tertiary/aromatic N) is 2. The van der Waals surface area contributed by atoms with Gasteiger partial charge in [-0.15, -0.1) is 0 Å². The molecule has 4 nitrogen and oxygen atoms in total. The summed E-state index contributed by atoms with van der Waals surface area (Å²) < 4.78 is 2.08. The zero-order valence-corrected chi connectivity index (χ0v) is 17.5. The van der Waals surface area contributed by atoms with Crippen molar-refractivity contribution in [2.24, 2.45) is 12.2 Å². The molecule has 0 fully saturated rings. The largest absolute Gasteiger partial charge is 0.410 e. The third kappa shape index (κ3) is 3.69. The second-order valence-electron chi connectivity index (χ2n) is 6.90. The minimum atomic E-state index is 0.403. The van der Waals surface area contributed by atoms with Crippen LogP contribution in [0.1, 0.15) is 16.7 Å². The SMILES string of the molecule is Cc1cc(Cl)ccc1C(=NO)c1ccc(Nc2cccc3ccn(C)c23)cc1Cl. The molecule has 6 heteroatoms. The average molecular weight is 424 g/mol. The fourth-order valence-corrected chi connectivity index (χ4v) is 4.04. The van der Waals surface area contributed by atoms with Crippen molar-refractivity contribution in [3.05, 3.63) is 93.6 Å². The molecule has 0 atom stereocenters. The highest BCUT2D eigenvalue weighted by Crippen LogP contribution is 2.30. The van der Waals surface area contributed by atoms with Gasteiger partial charge in [0.15, 0.2) is 0 Å². The Balaban J connectivity index is 1.70. The lowest BCUT2D eigenvalue weighted by molar-refractivity contribution is 0.319. The van der Waals surface area contributed by atoms with E-state index in [4.69, 9.17) is 23.2 Å². The normalized spacial score (nSPS) is 11.8. The zero-order chi connectivity index (χ0) is 20.5. The molecule has 0 unspecified atom stereocenters. The van der Waals surface area contributed by atoms with Crippen molar-refractivity contribution in [3.63, 3.8) is 0 Å². The molecule has 0 saturated heterocycles. The molecule has 0 aliphatic carbocycles. The minimum Gasteiger partial charge on any atom is -0.410 e. The van der Waals surface area contributed by atoms with E-state index >= 15 is 0 Å². The molecule has 4 aromatic rings. The molecule has 0 radical (unpaired) electrons. The maximum Gasteiger partial charge on any atom is 0.118 e. The van der Waals surface area contributed by atoms with Crippen LogP contribution >= 0.6 is 23.2 Å². The number of aromatic nitrogens is 1. The van der Waals surface area contributed by atoms with Gasteiger partial charge >= 0.3 is 0 Å². The molecular weight excluding hydrogens is 405 g/mol. The lowest BCUT2D eigenvalue weighted by Gasteiger charge is -2.13. The number of aryl methyl sites for hydroxylation is 2. The smallest absolute Gasteiger partial charge is 0.118 e. The number of anilines is 2. The van der Waals surface area contributed by atoms with Crippen molar-refractivity contribution in [1.82, 2.24) is 4.57 Å². The standard InChI is InChI=1S/C23H19Cl2N3O/c1-14-12-16(24)6-8-18(14)22(27-29)19-9-7-17(13-20(19)25)26-21-5-3-4-15-10-11-28(2)23(15)21/h3-13,26,29H,1-2H3. The number of para-hydroxylation sites is 1. The molecule has 0 aliphatic heterocycles.